The number of hydrogen-bond donors (Lipinski definition) is 1. The minimum atomic E-state index is -3.68. The normalized spacial score (nSPS) is 11.6. The smallest absolute Gasteiger partial charge is 0.263 e. The summed E-state index contributed by atoms with van der Waals surface area (Å²) in [4.78, 5) is 15.5. The largest absolute Gasteiger partial charge is 0.295 e. The fourth-order valence-electron chi connectivity index (χ4n) is 1.64. The molecule has 0 atom stereocenters. The summed E-state index contributed by atoms with van der Waals surface area (Å²) in [6, 6.07) is 5.82. The Morgan fingerprint density at radius 3 is 2.33 bits per heavy atom. The van der Waals surface area contributed by atoms with Crippen LogP contribution in [0.15, 0.2) is 34.5 Å². The summed E-state index contributed by atoms with van der Waals surface area (Å²) in [6.45, 7) is 5.42. The van der Waals surface area contributed by atoms with E-state index in [1.54, 1.807) is 0 Å². The number of anilines is 1. The van der Waals surface area contributed by atoms with Gasteiger partial charge in [0.2, 0.25) is 0 Å². The summed E-state index contributed by atoms with van der Waals surface area (Å²) in [5.41, 5.74) is 1.33. The van der Waals surface area contributed by atoms with Crippen LogP contribution in [0.2, 0.25) is 0 Å². The standard InChI is InChI=1S/C14H16N2O3S2/c1-9(2)13-8-20-14(15-13)16-21(18,19)12-6-4-11(5-7-12)10(3)17/h4-9H,1-3H3,(H,15,16). The van der Waals surface area contributed by atoms with Crippen molar-refractivity contribution < 1.29 is 13.2 Å². The van der Waals surface area contributed by atoms with Gasteiger partial charge in [-0.1, -0.05) is 26.0 Å². The highest BCUT2D eigenvalue weighted by atomic mass is 32.2. The van der Waals surface area contributed by atoms with Crippen LogP contribution < -0.4 is 4.72 Å². The first-order valence-electron chi connectivity index (χ1n) is 6.39. The van der Waals surface area contributed by atoms with Crippen molar-refractivity contribution in [2.75, 3.05) is 4.72 Å². The zero-order valence-electron chi connectivity index (χ0n) is 12.0. The molecule has 2 aromatic rings. The van der Waals surface area contributed by atoms with Crippen molar-refractivity contribution in [2.45, 2.75) is 31.6 Å². The van der Waals surface area contributed by atoms with Gasteiger partial charge in [0.05, 0.1) is 10.6 Å². The predicted molar refractivity (Wildman–Crippen MR) is 83.5 cm³/mol. The highest BCUT2D eigenvalue weighted by Crippen LogP contribution is 2.24. The second kappa shape index (κ2) is 5.95. The molecule has 0 fully saturated rings. The Bertz CT molecular complexity index is 747. The van der Waals surface area contributed by atoms with Crippen molar-refractivity contribution >= 4 is 32.3 Å². The number of sulfonamides is 1. The van der Waals surface area contributed by atoms with Crippen molar-refractivity contribution in [3.05, 3.63) is 40.9 Å². The average Bonchev–Trinajstić information content (AvgIpc) is 2.87. The van der Waals surface area contributed by atoms with E-state index in [0.29, 0.717) is 10.7 Å². The molecule has 0 aliphatic rings. The van der Waals surface area contributed by atoms with Crippen LogP contribution in [0.3, 0.4) is 0 Å². The summed E-state index contributed by atoms with van der Waals surface area (Å²) >= 11 is 1.25. The highest BCUT2D eigenvalue weighted by Gasteiger charge is 2.17. The van der Waals surface area contributed by atoms with E-state index >= 15 is 0 Å². The summed E-state index contributed by atoms with van der Waals surface area (Å²) in [5, 5.41) is 2.18. The second-order valence-electron chi connectivity index (χ2n) is 4.92. The number of aromatic nitrogens is 1. The lowest BCUT2D eigenvalue weighted by atomic mass is 10.2. The molecule has 1 aromatic carbocycles. The lowest BCUT2D eigenvalue weighted by Crippen LogP contribution is -2.13. The summed E-state index contributed by atoms with van der Waals surface area (Å²) < 4.78 is 26.9. The molecule has 0 saturated heterocycles. The van der Waals surface area contributed by atoms with Gasteiger partial charge in [0.25, 0.3) is 10.0 Å². The summed E-state index contributed by atoms with van der Waals surface area (Å²) in [5.74, 6) is 0.141. The van der Waals surface area contributed by atoms with Crippen LogP contribution in [0.5, 0.6) is 0 Å². The van der Waals surface area contributed by atoms with E-state index in [4.69, 9.17) is 0 Å². The average molecular weight is 324 g/mol. The maximum atomic E-state index is 12.2. The molecule has 0 amide bonds. The van der Waals surface area contributed by atoms with Crippen molar-refractivity contribution in [1.82, 2.24) is 4.98 Å². The Balaban J connectivity index is 2.22. The SMILES string of the molecule is CC(=O)c1ccc(S(=O)(=O)Nc2nc(C(C)C)cs2)cc1. The first-order chi connectivity index (χ1) is 9.79. The van der Waals surface area contributed by atoms with Gasteiger partial charge in [0.15, 0.2) is 10.9 Å². The number of thiazole rings is 1. The number of rotatable bonds is 5. The van der Waals surface area contributed by atoms with Crippen LogP contribution in [0.4, 0.5) is 5.13 Å². The van der Waals surface area contributed by atoms with Crippen molar-refractivity contribution in [1.29, 1.82) is 0 Å². The molecule has 0 spiro atoms. The fourth-order valence-corrected chi connectivity index (χ4v) is 3.77. The van der Waals surface area contributed by atoms with Crippen molar-refractivity contribution in [2.24, 2.45) is 0 Å². The number of Topliss-reactive ketones (excluding diaryl/α,β-unsaturated/α-hetero) is 1. The van der Waals surface area contributed by atoms with E-state index in [0.717, 1.165) is 5.69 Å². The maximum Gasteiger partial charge on any atom is 0.263 e. The van der Waals surface area contributed by atoms with Gasteiger partial charge >= 0.3 is 0 Å². The molecule has 0 radical (unpaired) electrons. The minimum Gasteiger partial charge on any atom is -0.295 e. The van der Waals surface area contributed by atoms with E-state index in [-0.39, 0.29) is 16.6 Å². The van der Waals surface area contributed by atoms with Gasteiger partial charge in [-0.2, -0.15) is 0 Å². The van der Waals surface area contributed by atoms with Crippen LogP contribution in [0.1, 0.15) is 42.7 Å². The van der Waals surface area contributed by atoms with E-state index in [1.807, 2.05) is 19.2 Å². The molecule has 1 aromatic heterocycles. The molecular formula is C14H16N2O3S2. The summed E-state index contributed by atoms with van der Waals surface area (Å²) in [6.07, 6.45) is 0. The van der Waals surface area contributed by atoms with Crippen LogP contribution in [0, 0.1) is 0 Å². The zero-order valence-corrected chi connectivity index (χ0v) is 13.6. The third-order valence-corrected chi connectivity index (χ3v) is 5.17. The molecule has 21 heavy (non-hydrogen) atoms. The molecule has 0 aliphatic heterocycles. The van der Waals surface area contributed by atoms with Gasteiger partial charge < -0.3 is 0 Å². The predicted octanol–water partition coefficient (Wildman–Crippen LogP) is 3.27. The van der Waals surface area contributed by atoms with Crippen LogP contribution in [-0.4, -0.2) is 19.2 Å². The van der Waals surface area contributed by atoms with Gasteiger partial charge in [-0.25, -0.2) is 13.4 Å². The van der Waals surface area contributed by atoms with Crippen molar-refractivity contribution in [3.8, 4) is 0 Å². The third-order valence-electron chi connectivity index (χ3n) is 2.91. The van der Waals surface area contributed by atoms with E-state index in [2.05, 4.69) is 9.71 Å². The molecule has 112 valence electrons. The Morgan fingerprint density at radius 2 is 1.86 bits per heavy atom. The Kier molecular flexibility index (Phi) is 4.43. The van der Waals surface area contributed by atoms with Crippen molar-refractivity contribution in [3.63, 3.8) is 0 Å². The summed E-state index contributed by atoms with van der Waals surface area (Å²) in [7, 11) is -3.68. The molecule has 5 nitrogen and oxygen atoms in total. The number of carbonyl (C=O) groups excluding carboxylic acids is 1. The number of nitrogens with one attached hydrogen (secondary N) is 1. The maximum absolute atomic E-state index is 12.2. The Hall–Kier alpha value is -1.73. The molecular weight excluding hydrogens is 308 g/mol. The molecule has 1 N–H and O–H groups in total. The molecule has 0 bridgehead atoms. The molecule has 7 heteroatoms. The van der Waals surface area contributed by atoms with Gasteiger partial charge in [-0.05, 0) is 25.0 Å². The topological polar surface area (TPSA) is 76.1 Å². The second-order valence-corrected chi connectivity index (χ2v) is 7.46. The quantitative estimate of drug-likeness (QED) is 0.856. The number of ketones is 1. The molecule has 1 heterocycles. The molecule has 2 rings (SSSR count). The lowest BCUT2D eigenvalue weighted by Gasteiger charge is -2.05. The first kappa shape index (κ1) is 15.7. The number of hydrogen-bond acceptors (Lipinski definition) is 5. The number of nitrogens with zero attached hydrogens (tertiary/aromatic N) is 1. The van der Waals surface area contributed by atoms with Gasteiger partial charge in [0, 0.05) is 10.9 Å². The highest BCUT2D eigenvalue weighted by molar-refractivity contribution is 7.93. The zero-order chi connectivity index (χ0) is 15.6. The molecule has 0 aliphatic carbocycles. The van der Waals surface area contributed by atoms with Crippen LogP contribution in [0.25, 0.3) is 0 Å². The minimum absolute atomic E-state index is 0.103. The number of carbonyl (C=O) groups is 1. The molecule has 0 unspecified atom stereocenters. The first-order valence-corrected chi connectivity index (χ1v) is 8.75. The monoisotopic (exact) mass is 324 g/mol. The van der Waals surface area contributed by atoms with Crippen LogP contribution in [-0.2, 0) is 10.0 Å². The molecule has 0 saturated carbocycles. The van der Waals surface area contributed by atoms with E-state index in [1.165, 1.54) is 42.5 Å². The Morgan fingerprint density at radius 1 is 1.24 bits per heavy atom. The van der Waals surface area contributed by atoms with E-state index < -0.39 is 10.0 Å². The third kappa shape index (κ3) is 3.68. The van der Waals surface area contributed by atoms with Crippen LogP contribution >= 0.6 is 11.3 Å². The lowest BCUT2D eigenvalue weighted by molar-refractivity contribution is 0.101. The van der Waals surface area contributed by atoms with Gasteiger partial charge in [0.1, 0.15) is 0 Å². The fraction of sp³-hybridized carbons (Fsp3) is 0.286. The van der Waals surface area contributed by atoms with Gasteiger partial charge in [-0.15, -0.1) is 11.3 Å². The number of benzene rings is 1. The Labute approximate surface area is 128 Å². The van der Waals surface area contributed by atoms with Gasteiger partial charge in [-0.3, -0.25) is 9.52 Å². The van der Waals surface area contributed by atoms with E-state index in [9.17, 15) is 13.2 Å².